The first kappa shape index (κ1) is 33.8. The first-order valence-corrected chi connectivity index (χ1v) is 19.7. The first-order valence-electron chi connectivity index (χ1n) is 19.7. The molecule has 55 heavy (non-hydrogen) atoms. The molecule has 4 aliphatic heterocycles. The molecule has 3 saturated heterocycles. The summed E-state index contributed by atoms with van der Waals surface area (Å²) in [5, 5.41) is 8.13. The molecule has 5 aliphatic rings. The number of aromatic nitrogens is 4. The summed E-state index contributed by atoms with van der Waals surface area (Å²) in [5.74, 6) is 1.29. The van der Waals surface area contributed by atoms with E-state index in [-0.39, 0.29) is 17.4 Å². The number of anilines is 3. The normalized spacial score (nSPS) is 20.1. The average Bonchev–Trinajstić information content (AvgIpc) is 3.88. The van der Waals surface area contributed by atoms with Crippen LogP contribution in [0.1, 0.15) is 48.2 Å². The van der Waals surface area contributed by atoms with Gasteiger partial charge in [0.1, 0.15) is 0 Å². The van der Waals surface area contributed by atoms with Crippen molar-refractivity contribution in [2.45, 2.75) is 37.5 Å². The SMILES string of the molecule is C=C1CCN(c2cncc3c(N4CC(CN5CCN(c6ccc(-c7nccc(-c8cc9c([nH]8)C8(CCCC8)CNC9=O)n7)cc6)CC5)C4)cccc23)C(=O)N1. The molecule has 3 aromatic heterocycles. The molecule has 0 radical (unpaired) electrons. The van der Waals surface area contributed by atoms with Crippen molar-refractivity contribution in [3.8, 4) is 22.8 Å². The molecular formula is C43H46N10O2. The molecule has 2 aromatic carbocycles. The van der Waals surface area contributed by atoms with Crippen LogP contribution in [-0.2, 0) is 5.41 Å². The van der Waals surface area contributed by atoms with Gasteiger partial charge in [0.05, 0.1) is 28.8 Å². The highest BCUT2D eigenvalue weighted by Crippen LogP contribution is 2.44. The minimum Gasteiger partial charge on any atom is -0.370 e. The lowest BCUT2D eigenvalue weighted by atomic mass is 9.78. The molecule has 10 rings (SSSR count). The molecule has 0 unspecified atom stereocenters. The van der Waals surface area contributed by atoms with Crippen molar-refractivity contribution in [1.82, 2.24) is 35.5 Å². The summed E-state index contributed by atoms with van der Waals surface area (Å²) < 4.78 is 0. The van der Waals surface area contributed by atoms with Gasteiger partial charge in [-0.25, -0.2) is 14.8 Å². The van der Waals surface area contributed by atoms with Gasteiger partial charge in [-0.1, -0.05) is 31.6 Å². The molecule has 0 bridgehead atoms. The van der Waals surface area contributed by atoms with E-state index >= 15 is 0 Å². The third-order valence-corrected chi connectivity index (χ3v) is 12.6. The second-order valence-corrected chi connectivity index (χ2v) is 16.0. The molecule has 12 nitrogen and oxygen atoms in total. The monoisotopic (exact) mass is 734 g/mol. The highest BCUT2D eigenvalue weighted by Gasteiger charge is 2.43. The number of hydrogen-bond acceptors (Lipinski definition) is 8. The van der Waals surface area contributed by atoms with Crippen molar-refractivity contribution >= 4 is 39.8 Å². The van der Waals surface area contributed by atoms with Crippen LogP contribution in [0, 0.1) is 5.92 Å². The number of piperazine rings is 1. The Bertz CT molecular complexity index is 2300. The lowest BCUT2D eigenvalue weighted by Gasteiger charge is -2.45. The van der Waals surface area contributed by atoms with Gasteiger partial charge in [0.2, 0.25) is 0 Å². The Labute approximate surface area is 320 Å². The molecule has 1 saturated carbocycles. The number of rotatable bonds is 7. The topological polar surface area (TPSA) is 126 Å². The van der Waals surface area contributed by atoms with Gasteiger partial charge >= 0.3 is 6.03 Å². The lowest BCUT2D eigenvalue weighted by Crippen LogP contribution is -2.55. The molecule has 12 heteroatoms. The second kappa shape index (κ2) is 13.5. The van der Waals surface area contributed by atoms with Gasteiger partial charge in [0.25, 0.3) is 5.91 Å². The predicted octanol–water partition coefficient (Wildman–Crippen LogP) is 5.93. The lowest BCUT2D eigenvalue weighted by molar-refractivity contribution is 0.0924. The summed E-state index contributed by atoms with van der Waals surface area (Å²) in [6.45, 7) is 12.4. The van der Waals surface area contributed by atoms with E-state index in [2.05, 4.69) is 89.3 Å². The van der Waals surface area contributed by atoms with E-state index in [1.807, 2.05) is 24.5 Å². The summed E-state index contributed by atoms with van der Waals surface area (Å²) in [4.78, 5) is 52.5. The molecular weight excluding hydrogens is 689 g/mol. The van der Waals surface area contributed by atoms with Crippen molar-refractivity contribution in [3.63, 3.8) is 0 Å². The number of aromatic amines is 1. The fraction of sp³-hybridized carbons (Fsp3) is 0.372. The van der Waals surface area contributed by atoms with Gasteiger partial charge in [-0.2, -0.15) is 0 Å². The summed E-state index contributed by atoms with van der Waals surface area (Å²) in [5.41, 5.74) is 8.51. The van der Waals surface area contributed by atoms with Crippen LogP contribution >= 0.6 is 0 Å². The van der Waals surface area contributed by atoms with Crippen molar-refractivity contribution in [2.75, 3.05) is 73.6 Å². The van der Waals surface area contributed by atoms with E-state index in [0.717, 1.165) is 115 Å². The van der Waals surface area contributed by atoms with Gasteiger partial charge in [-0.15, -0.1) is 0 Å². The minimum absolute atomic E-state index is 0.000761. The van der Waals surface area contributed by atoms with Crippen LogP contribution in [0.4, 0.5) is 21.9 Å². The molecule has 1 aliphatic carbocycles. The maximum Gasteiger partial charge on any atom is 0.326 e. The van der Waals surface area contributed by atoms with E-state index in [1.165, 1.54) is 24.2 Å². The van der Waals surface area contributed by atoms with E-state index in [4.69, 9.17) is 4.98 Å². The number of benzene rings is 2. The van der Waals surface area contributed by atoms with Crippen molar-refractivity contribution in [2.24, 2.45) is 5.92 Å². The van der Waals surface area contributed by atoms with E-state index in [9.17, 15) is 9.59 Å². The summed E-state index contributed by atoms with van der Waals surface area (Å²) in [6, 6.07) is 18.7. The molecule has 3 amide bonds. The van der Waals surface area contributed by atoms with E-state index < -0.39 is 0 Å². The molecule has 3 N–H and O–H groups in total. The number of urea groups is 1. The Balaban J connectivity index is 0.749. The zero-order valence-electron chi connectivity index (χ0n) is 31.1. The fourth-order valence-electron chi connectivity index (χ4n) is 9.52. The Hall–Kier alpha value is -5.75. The van der Waals surface area contributed by atoms with Crippen molar-refractivity contribution in [1.29, 1.82) is 0 Å². The third kappa shape index (κ3) is 6.08. The van der Waals surface area contributed by atoms with Crippen LogP contribution in [-0.4, -0.2) is 95.7 Å². The van der Waals surface area contributed by atoms with Gasteiger partial charge in [-0.3, -0.25) is 19.6 Å². The Kier molecular flexibility index (Phi) is 8.31. The molecule has 7 heterocycles. The number of carbonyl (C=O) groups excluding carboxylic acids is 2. The fourth-order valence-corrected chi connectivity index (χ4v) is 9.52. The maximum absolute atomic E-state index is 12.8. The third-order valence-electron chi connectivity index (χ3n) is 12.6. The Morgan fingerprint density at radius 1 is 0.873 bits per heavy atom. The van der Waals surface area contributed by atoms with Gasteiger partial charge in [-0.05, 0) is 55.3 Å². The Morgan fingerprint density at radius 3 is 2.49 bits per heavy atom. The predicted molar refractivity (Wildman–Crippen MR) is 215 cm³/mol. The van der Waals surface area contributed by atoms with Crippen LogP contribution in [0.3, 0.4) is 0 Å². The zero-order valence-corrected chi connectivity index (χ0v) is 31.1. The number of amides is 3. The van der Waals surface area contributed by atoms with Crippen molar-refractivity contribution < 1.29 is 9.59 Å². The van der Waals surface area contributed by atoms with E-state index in [1.54, 1.807) is 11.1 Å². The highest BCUT2D eigenvalue weighted by atomic mass is 16.2. The number of H-pyrrole nitrogens is 1. The van der Waals surface area contributed by atoms with Crippen LogP contribution in [0.2, 0.25) is 0 Å². The number of hydrogen-bond donors (Lipinski definition) is 3. The number of pyridine rings is 1. The molecule has 5 aromatic rings. The Morgan fingerprint density at radius 2 is 1.69 bits per heavy atom. The second-order valence-electron chi connectivity index (χ2n) is 16.0. The van der Waals surface area contributed by atoms with Gasteiger partial charge in [0, 0.05) is 128 Å². The van der Waals surface area contributed by atoms with Crippen LogP contribution in [0.5, 0.6) is 0 Å². The summed E-state index contributed by atoms with van der Waals surface area (Å²) >= 11 is 0. The highest BCUT2D eigenvalue weighted by molar-refractivity contribution is 6.07. The quantitative estimate of drug-likeness (QED) is 0.188. The molecule has 280 valence electrons. The summed E-state index contributed by atoms with van der Waals surface area (Å²) in [7, 11) is 0. The standard InChI is InChI=1S/C43H46N10O2/c1-28-12-16-53(42(55)47-28)38-23-44-22-34-32(38)5-4-6-37(34)52-25-29(26-52)24-50-17-19-51(20-18-50)31-9-7-30(8-10-31)40-45-15-11-35(49-40)36-21-33-39(48-36)43(13-2-3-14-43)27-46-41(33)54/h4-11,15,21-23,29,48H,1-3,12-14,16-20,24-27H2,(H,46,54)(H,47,55). The number of nitrogens with one attached hydrogen (secondary N) is 3. The van der Waals surface area contributed by atoms with Crippen LogP contribution < -0.4 is 25.3 Å². The maximum atomic E-state index is 12.8. The van der Waals surface area contributed by atoms with Gasteiger partial charge < -0.3 is 25.4 Å². The molecule has 1 spiro atoms. The summed E-state index contributed by atoms with van der Waals surface area (Å²) in [6.07, 6.45) is 10.8. The molecule has 4 fully saturated rings. The van der Waals surface area contributed by atoms with Crippen LogP contribution in [0.25, 0.3) is 33.5 Å². The minimum atomic E-state index is -0.144. The number of nitrogens with zero attached hydrogens (tertiary/aromatic N) is 7. The smallest absolute Gasteiger partial charge is 0.326 e. The van der Waals surface area contributed by atoms with E-state index in [0.29, 0.717) is 24.8 Å². The average molecular weight is 735 g/mol. The van der Waals surface area contributed by atoms with Crippen LogP contribution in [0.15, 0.2) is 85.5 Å². The zero-order chi connectivity index (χ0) is 37.1. The first-order chi connectivity index (χ1) is 26.9. The van der Waals surface area contributed by atoms with Gasteiger partial charge in [0.15, 0.2) is 5.82 Å². The van der Waals surface area contributed by atoms with Crippen molar-refractivity contribution in [3.05, 3.63) is 96.7 Å². The largest absolute Gasteiger partial charge is 0.370 e. The molecule has 0 atom stereocenters. The number of carbonyl (C=O) groups is 2. The number of fused-ring (bicyclic) bond motifs is 3.